The molecule has 3 heteroatoms. The van der Waals surface area contributed by atoms with Crippen LogP contribution in [-0.2, 0) is 5.41 Å². The van der Waals surface area contributed by atoms with Gasteiger partial charge in [-0.1, -0.05) is 103 Å². The first-order valence-electron chi connectivity index (χ1n) is 11.5. The normalized spacial score (nSPS) is 11.1. The van der Waals surface area contributed by atoms with Gasteiger partial charge in [-0.05, 0) is 58.7 Å². The molecule has 0 aliphatic carbocycles. The Morgan fingerprint density at radius 3 is 1.20 bits per heavy atom. The number of benzene rings is 5. The average Bonchev–Trinajstić information content (AvgIpc) is 2.92. The summed E-state index contributed by atoms with van der Waals surface area (Å²) in [6, 6.07) is 46.2. The molecule has 3 nitrogen and oxygen atoms in total. The van der Waals surface area contributed by atoms with E-state index in [-0.39, 0.29) is 5.56 Å². The second-order valence-electron chi connectivity index (χ2n) is 8.30. The predicted octanol–water partition coefficient (Wildman–Crippen LogP) is 7.56. The molecule has 1 N–H and O–H groups in total. The molecule has 0 atom stereocenters. The summed E-state index contributed by atoms with van der Waals surface area (Å²) in [6.07, 6.45) is 0. The Morgan fingerprint density at radius 1 is 0.486 bits per heavy atom. The minimum absolute atomic E-state index is 0.228. The Hall–Kier alpha value is -4.63. The molecule has 0 saturated heterocycles. The van der Waals surface area contributed by atoms with Gasteiger partial charge in [0.15, 0.2) is 0 Å². The first-order chi connectivity index (χ1) is 17.2. The van der Waals surface area contributed by atoms with Gasteiger partial charge in [0.2, 0.25) is 0 Å². The first-order valence-corrected chi connectivity index (χ1v) is 11.5. The van der Waals surface area contributed by atoms with Gasteiger partial charge < -0.3 is 9.84 Å². The lowest BCUT2D eigenvalue weighted by atomic mass is 9.65. The molecule has 35 heavy (non-hydrogen) atoms. The summed E-state index contributed by atoms with van der Waals surface area (Å²) in [7, 11) is 0. The summed E-state index contributed by atoms with van der Waals surface area (Å²) in [5.74, 6) is 0.308. The predicted molar refractivity (Wildman–Crippen MR) is 138 cm³/mol. The molecule has 0 amide bonds. The third-order valence-electron chi connectivity index (χ3n) is 6.24. The summed E-state index contributed by atoms with van der Waals surface area (Å²) in [5.41, 5.74) is 4.37. The highest BCUT2D eigenvalue weighted by Gasteiger charge is 2.38. The van der Waals surface area contributed by atoms with E-state index >= 15 is 0 Å². The molecule has 0 aliphatic rings. The molecule has 0 aromatic heterocycles. The van der Waals surface area contributed by atoms with E-state index in [1.165, 1.54) is 28.8 Å². The van der Waals surface area contributed by atoms with Crippen molar-refractivity contribution >= 4 is 5.97 Å². The number of rotatable bonds is 7. The van der Waals surface area contributed by atoms with Crippen LogP contribution in [0, 0.1) is 0 Å². The van der Waals surface area contributed by atoms with Crippen LogP contribution in [0.15, 0.2) is 140 Å². The van der Waals surface area contributed by atoms with Crippen LogP contribution in [0.2, 0.25) is 0 Å². The van der Waals surface area contributed by atoms with Crippen LogP contribution in [0.25, 0.3) is 0 Å². The zero-order valence-electron chi connectivity index (χ0n) is 19.0. The van der Waals surface area contributed by atoms with Crippen LogP contribution in [0.4, 0.5) is 0 Å². The number of carbonyl (C=O) groups is 1. The molecule has 0 unspecified atom stereocenters. The SMILES string of the molecule is O=C(O)c1ccc(Oc2ccc(C(c3ccccc3)(c3ccccc3)c3ccccc3)cc2)cc1. The fourth-order valence-corrected chi connectivity index (χ4v) is 4.64. The van der Waals surface area contributed by atoms with Crippen molar-refractivity contribution in [3.8, 4) is 11.5 Å². The topological polar surface area (TPSA) is 46.5 Å². The number of carboxylic acid groups (broad SMARTS) is 1. The minimum atomic E-state index is -0.958. The summed E-state index contributed by atoms with van der Waals surface area (Å²) >= 11 is 0. The van der Waals surface area contributed by atoms with Crippen molar-refractivity contribution in [2.24, 2.45) is 0 Å². The van der Waals surface area contributed by atoms with Gasteiger partial charge in [-0.15, -0.1) is 0 Å². The van der Waals surface area contributed by atoms with E-state index in [1.54, 1.807) is 12.1 Å². The largest absolute Gasteiger partial charge is 0.478 e. The molecule has 5 aromatic rings. The Bertz CT molecular complexity index is 1300. The van der Waals surface area contributed by atoms with Gasteiger partial charge in [-0.2, -0.15) is 0 Å². The molecular weight excluding hydrogens is 432 g/mol. The van der Waals surface area contributed by atoms with E-state index in [9.17, 15) is 4.79 Å². The third kappa shape index (κ3) is 4.32. The summed E-state index contributed by atoms with van der Waals surface area (Å²) < 4.78 is 6.00. The van der Waals surface area contributed by atoms with Crippen molar-refractivity contribution in [1.29, 1.82) is 0 Å². The van der Waals surface area contributed by atoms with Gasteiger partial charge in [0.1, 0.15) is 11.5 Å². The molecule has 0 saturated carbocycles. The Balaban J connectivity index is 1.61. The second kappa shape index (κ2) is 9.70. The van der Waals surface area contributed by atoms with E-state index < -0.39 is 11.4 Å². The van der Waals surface area contributed by atoms with Crippen LogP contribution >= 0.6 is 0 Å². The standard InChI is InChI=1S/C32H24O3/c33-31(34)24-16-20-29(21-17-24)35-30-22-18-28(19-23-30)32(25-10-4-1-5-11-25,26-12-6-2-7-13-26)27-14-8-3-9-15-27/h1-23H,(H,33,34). The Labute approximate surface area is 204 Å². The van der Waals surface area contributed by atoms with Crippen molar-refractivity contribution in [2.45, 2.75) is 5.41 Å². The Morgan fingerprint density at radius 2 is 0.829 bits per heavy atom. The van der Waals surface area contributed by atoms with Crippen molar-refractivity contribution in [3.05, 3.63) is 167 Å². The second-order valence-corrected chi connectivity index (χ2v) is 8.30. The van der Waals surface area contributed by atoms with Gasteiger partial charge in [0, 0.05) is 0 Å². The number of aromatic carboxylic acids is 1. The summed E-state index contributed by atoms with van der Waals surface area (Å²) in [4.78, 5) is 11.1. The lowest BCUT2D eigenvalue weighted by Gasteiger charge is -2.36. The Kier molecular flexibility index (Phi) is 6.15. The lowest BCUT2D eigenvalue weighted by Crippen LogP contribution is -2.30. The zero-order chi connectivity index (χ0) is 24.1. The van der Waals surface area contributed by atoms with Gasteiger partial charge in [-0.25, -0.2) is 4.79 Å². The highest BCUT2D eigenvalue weighted by Crippen LogP contribution is 2.45. The van der Waals surface area contributed by atoms with Crippen LogP contribution in [0.3, 0.4) is 0 Å². The smallest absolute Gasteiger partial charge is 0.335 e. The number of carboxylic acids is 1. The van der Waals surface area contributed by atoms with Crippen molar-refractivity contribution in [1.82, 2.24) is 0 Å². The van der Waals surface area contributed by atoms with Gasteiger partial charge in [-0.3, -0.25) is 0 Å². The molecule has 5 rings (SSSR count). The maximum Gasteiger partial charge on any atom is 0.335 e. The van der Waals surface area contributed by atoms with Crippen LogP contribution < -0.4 is 4.74 Å². The highest BCUT2D eigenvalue weighted by molar-refractivity contribution is 5.87. The molecule has 0 spiro atoms. The fraction of sp³-hybridized carbons (Fsp3) is 0.0312. The van der Waals surface area contributed by atoms with Crippen molar-refractivity contribution in [3.63, 3.8) is 0 Å². The van der Waals surface area contributed by atoms with Crippen molar-refractivity contribution < 1.29 is 14.6 Å². The summed E-state index contributed by atoms with van der Waals surface area (Å²) in [5, 5.41) is 9.11. The zero-order valence-corrected chi connectivity index (χ0v) is 19.0. The van der Waals surface area contributed by atoms with E-state index in [2.05, 4.69) is 84.9 Å². The van der Waals surface area contributed by atoms with E-state index in [0.717, 1.165) is 5.56 Å². The number of ether oxygens (including phenoxy) is 1. The maximum absolute atomic E-state index is 11.1. The van der Waals surface area contributed by atoms with Gasteiger partial charge in [0.05, 0.1) is 11.0 Å². The average molecular weight is 457 g/mol. The van der Waals surface area contributed by atoms with Crippen LogP contribution in [-0.4, -0.2) is 11.1 Å². The molecule has 0 aliphatic heterocycles. The van der Waals surface area contributed by atoms with E-state index in [4.69, 9.17) is 9.84 Å². The molecule has 5 aromatic carbocycles. The van der Waals surface area contributed by atoms with E-state index in [1.807, 2.05) is 30.3 Å². The first kappa shape index (κ1) is 22.2. The lowest BCUT2D eigenvalue weighted by molar-refractivity contribution is 0.0697. The number of hydrogen-bond acceptors (Lipinski definition) is 2. The quantitative estimate of drug-likeness (QED) is 0.257. The molecule has 170 valence electrons. The maximum atomic E-state index is 11.1. The number of hydrogen-bond donors (Lipinski definition) is 1. The minimum Gasteiger partial charge on any atom is -0.478 e. The van der Waals surface area contributed by atoms with Crippen LogP contribution in [0.5, 0.6) is 11.5 Å². The van der Waals surface area contributed by atoms with Crippen LogP contribution in [0.1, 0.15) is 32.6 Å². The van der Waals surface area contributed by atoms with Crippen molar-refractivity contribution in [2.75, 3.05) is 0 Å². The molecule has 0 fully saturated rings. The summed E-state index contributed by atoms with van der Waals surface area (Å²) in [6.45, 7) is 0. The third-order valence-corrected chi connectivity index (χ3v) is 6.24. The fourth-order valence-electron chi connectivity index (χ4n) is 4.64. The molecule has 0 heterocycles. The monoisotopic (exact) mass is 456 g/mol. The highest BCUT2D eigenvalue weighted by atomic mass is 16.5. The molecule has 0 bridgehead atoms. The van der Waals surface area contributed by atoms with Gasteiger partial charge >= 0.3 is 5.97 Å². The van der Waals surface area contributed by atoms with Gasteiger partial charge in [0.25, 0.3) is 0 Å². The molecular formula is C32H24O3. The van der Waals surface area contributed by atoms with E-state index in [0.29, 0.717) is 11.5 Å². The molecule has 0 radical (unpaired) electrons.